The number of carbonyl (C=O) groups is 1. The van der Waals surface area contributed by atoms with E-state index in [-0.39, 0.29) is 30.1 Å². The standard InChI is InChI=1S/C17H29N5O2/c1-12(2)15(22-10-13(3)24-14(4)11-22)16(23)18-8-9-21-17-19-6-5-7-20-17/h5-7,12-15H,8-11H2,1-4H3,(H,18,23)(H,19,20,21)/t13-,14+,15-/m1/s1. The minimum absolute atomic E-state index is 0.0714. The number of morpholine rings is 1. The molecule has 1 amide bonds. The zero-order valence-electron chi connectivity index (χ0n) is 15.0. The molecular weight excluding hydrogens is 306 g/mol. The molecule has 2 N–H and O–H groups in total. The van der Waals surface area contributed by atoms with Gasteiger partial charge in [-0.3, -0.25) is 9.69 Å². The Morgan fingerprint density at radius 1 is 1.25 bits per heavy atom. The van der Waals surface area contributed by atoms with Crippen molar-refractivity contribution in [3.8, 4) is 0 Å². The number of nitrogens with one attached hydrogen (secondary N) is 2. The first-order valence-corrected chi connectivity index (χ1v) is 8.65. The lowest BCUT2D eigenvalue weighted by Gasteiger charge is -2.41. The number of carbonyl (C=O) groups excluding carboxylic acids is 1. The van der Waals surface area contributed by atoms with E-state index in [4.69, 9.17) is 4.74 Å². The van der Waals surface area contributed by atoms with Crippen molar-refractivity contribution in [2.75, 3.05) is 31.5 Å². The van der Waals surface area contributed by atoms with Gasteiger partial charge in [0.05, 0.1) is 18.2 Å². The number of ether oxygens (including phenoxy) is 1. The second kappa shape index (κ2) is 8.94. The molecule has 3 atom stereocenters. The highest BCUT2D eigenvalue weighted by atomic mass is 16.5. The smallest absolute Gasteiger partial charge is 0.237 e. The fraction of sp³-hybridized carbons (Fsp3) is 0.706. The van der Waals surface area contributed by atoms with Crippen LogP contribution in [0.1, 0.15) is 27.7 Å². The Morgan fingerprint density at radius 3 is 2.46 bits per heavy atom. The predicted molar refractivity (Wildman–Crippen MR) is 93.7 cm³/mol. The molecule has 134 valence electrons. The van der Waals surface area contributed by atoms with Crippen LogP contribution in [0.15, 0.2) is 18.5 Å². The highest BCUT2D eigenvalue weighted by Gasteiger charge is 2.33. The molecule has 24 heavy (non-hydrogen) atoms. The molecule has 1 aromatic rings. The highest BCUT2D eigenvalue weighted by Crippen LogP contribution is 2.18. The van der Waals surface area contributed by atoms with Crippen molar-refractivity contribution in [3.05, 3.63) is 18.5 Å². The molecule has 2 heterocycles. The van der Waals surface area contributed by atoms with Crippen LogP contribution in [0.5, 0.6) is 0 Å². The molecule has 0 aromatic carbocycles. The van der Waals surface area contributed by atoms with E-state index in [1.54, 1.807) is 18.5 Å². The van der Waals surface area contributed by atoms with Gasteiger partial charge >= 0.3 is 0 Å². The molecule has 0 spiro atoms. The normalized spacial score (nSPS) is 23.0. The number of aromatic nitrogens is 2. The van der Waals surface area contributed by atoms with E-state index in [1.807, 2.05) is 0 Å². The van der Waals surface area contributed by atoms with E-state index in [0.29, 0.717) is 19.0 Å². The lowest BCUT2D eigenvalue weighted by molar-refractivity contribution is -0.135. The van der Waals surface area contributed by atoms with Gasteiger partial charge in [-0.25, -0.2) is 9.97 Å². The maximum absolute atomic E-state index is 12.7. The fourth-order valence-corrected chi connectivity index (χ4v) is 3.19. The van der Waals surface area contributed by atoms with Gasteiger partial charge in [0.15, 0.2) is 0 Å². The zero-order chi connectivity index (χ0) is 17.5. The summed E-state index contributed by atoms with van der Waals surface area (Å²) >= 11 is 0. The number of amides is 1. The van der Waals surface area contributed by atoms with Crippen LogP contribution in [-0.4, -0.2) is 65.2 Å². The average molecular weight is 335 g/mol. The lowest BCUT2D eigenvalue weighted by atomic mass is 9.99. The Labute approximate surface area is 144 Å². The summed E-state index contributed by atoms with van der Waals surface area (Å²) in [6, 6.07) is 1.64. The van der Waals surface area contributed by atoms with Gasteiger partial charge in [0.25, 0.3) is 0 Å². The fourth-order valence-electron chi connectivity index (χ4n) is 3.19. The molecule has 0 bridgehead atoms. The summed E-state index contributed by atoms with van der Waals surface area (Å²) in [6.07, 6.45) is 3.67. The molecule has 1 aromatic heterocycles. The summed E-state index contributed by atoms with van der Waals surface area (Å²) in [6.45, 7) is 11.0. The van der Waals surface area contributed by atoms with Crippen LogP contribution in [0, 0.1) is 5.92 Å². The molecule has 2 rings (SSSR count). The molecule has 0 unspecified atom stereocenters. The van der Waals surface area contributed by atoms with Crippen LogP contribution < -0.4 is 10.6 Å². The van der Waals surface area contributed by atoms with Crippen molar-refractivity contribution in [1.82, 2.24) is 20.2 Å². The van der Waals surface area contributed by atoms with Crippen molar-refractivity contribution in [2.45, 2.75) is 45.9 Å². The van der Waals surface area contributed by atoms with Gasteiger partial charge < -0.3 is 15.4 Å². The van der Waals surface area contributed by atoms with Crippen LogP contribution in [0.4, 0.5) is 5.95 Å². The Morgan fingerprint density at radius 2 is 1.88 bits per heavy atom. The van der Waals surface area contributed by atoms with E-state index in [9.17, 15) is 4.79 Å². The third-order valence-electron chi connectivity index (χ3n) is 4.01. The third kappa shape index (κ3) is 5.42. The zero-order valence-corrected chi connectivity index (χ0v) is 15.0. The molecule has 0 aliphatic carbocycles. The molecule has 0 saturated carbocycles. The summed E-state index contributed by atoms with van der Waals surface area (Å²) in [5.74, 6) is 0.887. The first-order valence-electron chi connectivity index (χ1n) is 8.65. The van der Waals surface area contributed by atoms with Crippen molar-refractivity contribution >= 4 is 11.9 Å². The van der Waals surface area contributed by atoms with Gasteiger partial charge in [-0.2, -0.15) is 0 Å². The minimum atomic E-state index is -0.133. The lowest BCUT2D eigenvalue weighted by Crippen LogP contribution is -2.57. The van der Waals surface area contributed by atoms with E-state index < -0.39 is 0 Å². The Kier molecular flexibility index (Phi) is 6.93. The Hall–Kier alpha value is -1.73. The van der Waals surface area contributed by atoms with Gasteiger partial charge in [-0.1, -0.05) is 13.8 Å². The van der Waals surface area contributed by atoms with Gasteiger partial charge in [0.2, 0.25) is 11.9 Å². The van der Waals surface area contributed by atoms with E-state index in [2.05, 4.69) is 53.2 Å². The van der Waals surface area contributed by atoms with Crippen molar-refractivity contribution in [3.63, 3.8) is 0 Å². The van der Waals surface area contributed by atoms with Gasteiger partial charge in [0.1, 0.15) is 0 Å². The molecule has 7 heteroatoms. The summed E-state index contributed by atoms with van der Waals surface area (Å²) in [7, 11) is 0. The summed E-state index contributed by atoms with van der Waals surface area (Å²) < 4.78 is 5.78. The maximum Gasteiger partial charge on any atom is 0.237 e. The first kappa shape index (κ1) is 18.6. The van der Waals surface area contributed by atoms with E-state index in [0.717, 1.165) is 13.1 Å². The van der Waals surface area contributed by atoms with Gasteiger partial charge in [-0.15, -0.1) is 0 Å². The van der Waals surface area contributed by atoms with E-state index >= 15 is 0 Å². The maximum atomic E-state index is 12.7. The Bertz CT molecular complexity index is 501. The number of hydrogen-bond acceptors (Lipinski definition) is 6. The molecule has 7 nitrogen and oxygen atoms in total. The largest absolute Gasteiger partial charge is 0.373 e. The molecule has 1 fully saturated rings. The predicted octanol–water partition coefficient (Wildman–Crippen LogP) is 1.14. The minimum Gasteiger partial charge on any atom is -0.373 e. The summed E-state index contributed by atoms with van der Waals surface area (Å²) in [4.78, 5) is 23.1. The highest BCUT2D eigenvalue weighted by molar-refractivity contribution is 5.82. The van der Waals surface area contributed by atoms with Crippen LogP contribution in [-0.2, 0) is 9.53 Å². The molecule has 0 radical (unpaired) electrons. The van der Waals surface area contributed by atoms with Crippen LogP contribution in [0.25, 0.3) is 0 Å². The molecular formula is C17H29N5O2. The van der Waals surface area contributed by atoms with Crippen molar-refractivity contribution in [1.29, 1.82) is 0 Å². The average Bonchev–Trinajstić information content (AvgIpc) is 2.51. The SMILES string of the molecule is CC(C)[C@H](C(=O)NCCNc1ncccn1)N1C[C@@H](C)O[C@@H](C)C1. The summed E-state index contributed by atoms with van der Waals surface area (Å²) in [5, 5.41) is 6.11. The third-order valence-corrected chi connectivity index (χ3v) is 4.01. The topological polar surface area (TPSA) is 79.4 Å². The van der Waals surface area contributed by atoms with Crippen LogP contribution in [0.3, 0.4) is 0 Å². The van der Waals surface area contributed by atoms with Gasteiger partial charge in [0, 0.05) is 38.6 Å². The second-order valence-electron chi connectivity index (χ2n) is 6.69. The summed E-state index contributed by atoms with van der Waals surface area (Å²) in [5.41, 5.74) is 0. The Balaban J connectivity index is 1.83. The molecule has 1 aliphatic rings. The molecule has 1 aliphatic heterocycles. The number of anilines is 1. The van der Waals surface area contributed by atoms with Gasteiger partial charge in [-0.05, 0) is 25.8 Å². The van der Waals surface area contributed by atoms with Crippen LogP contribution >= 0.6 is 0 Å². The van der Waals surface area contributed by atoms with Crippen LogP contribution in [0.2, 0.25) is 0 Å². The first-order chi connectivity index (χ1) is 11.5. The molecule has 1 saturated heterocycles. The monoisotopic (exact) mass is 335 g/mol. The second-order valence-corrected chi connectivity index (χ2v) is 6.69. The number of nitrogens with zero attached hydrogens (tertiary/aromatic N) is 3. The van der Waals surface area contributed by atoms with Crippen molar-refractivity contribution in [2.24, 2.45) is 5.92 Å². The number of rotatable bonds is 7. The van der Waals surface area contributed by atoms with Crippen molar-refractivity contribution < 1.29 is 9.53 Å². The number of hydrogen-bond donors (Lipinski definition) is 2. The van der Waals surface area contributed by atoms with E-state index in [1.165, 1.54) is 0 Å². The quantitative estimate of drug-likeness (QED) is 0.728.